The first-order valence-electron chi connectivity index (χ1n) is 5.75. The van der Waals surface area contributed by atoms with E-state index >= 15 is 0 Å². The van der Waals surface area contributed by atoms with E-state index in [1.54, 1.807) is 18.5 Å². The maximum absolute atomic E-state index is 6.12. The van der Waals surface area contributed by atoms with Crippen LogP contribution in [0.2, 0.25) is 10.0 Å². The van der Waals surface area contributed by atoms with Crippen molar-refractivity contribution in [2.45, 2.75) is 25.9 Å². The summed E-state index contributed by atoms with van der Waals surface area (Å²) in [6.45, 7) is 2.62. The zero-order valence-corrected chi connectivity index (χ0v) is 11.6. The van der Waals surface area contributed by atoms with Crippen LogP contribution in [0.3, 0.4) is 0 Å². The maximum atomic E-state index is 6.12. The molecule has 0 aliphatic rings. The normalized spacial score (nSPS) is 12.7. The van der Waals surface area contributed by atoms with E-state index in [9.17, 15) is 0 Å². The summed E-state index contributed by atoms with van der Waals surface area (Å²) in [5.74, 6) is 0. The number of aromatic nitrogens is 2. The fourth-order valence-corrected chi connectivity index (χ4v) is 2.16. The Bertz CT molecular complexity index is 535. The number of imidazole rings is 1. The Morgan fingerprint density at radius 2 is 2.17 bits per heavy atom. The molecule has 5 heteroatoms. The second-order valence-corrected chi connectivity index (χ2v) is 5.30. The Kier molecular flexibility index (Phi) is 4.27. The van der Waals surface area contributed by atoms with Crippen molar-refractivity contribution in [3.05, 3.63) is 52.0 Å². The molecule has 0 radical (unpaired) electrons. The van der Waals surface area contributed by atoms with E-state index in [1.165, 1.54) is 0 Å². The fraction of sp³-hybridized carbons (Fsp3) is 0.308. The van der Waals surface area contributed by atoms with Crippen molar-refractivity contribution >= 4 is 23.2 Å². The lowest BCUT2D eigenvalue weighted by Gasteiger charge is -2.05. The molecule has 0 aliphatic heterocycles. The van der Waals surface area contributed by atoms with Gasteiger partial charge < -0.3 is 10.3 Å². The number of hydrogen-bond acceptors (Lipinski definition) is 2. The number of hydrogen-bond donors (Lipinski definition) is 1. The van der Waals surface area contributed by atoms with Gasteiger partial charge in [0.25, 0.3) is 0 Å². The molecule has 18 heavy (non-hydrogen) atoms. The molecule has 2 aromatic rings. The van der Waals surface area contributed by atoms with Gasteiger partial charge in [0.15, 0.2) is 0 Å². The third kappa shape index (κ3) is 3.48. The van der Waals surface area contributed by atoms with Gasteiger partial charge in [0.1, 0.15) is 0 Å². The van der Waals surface area contributed by atoms with Gasteiger partial charge in [-0.15, -0.1) is 0 Å². The van der Waals surface area contributed by atoms with Crippen LogP contribution in [-0.2, 0) is 13.0 Å². The molecule has 3 nitrogen and oxygen atoms in total. The van der Waals surface area contributed by atoms with Gasteiger partial charge in [-0.2, -0.15) is 0 Å². The molecule has 2 N–H and O–H groups in total. The van der Waals surface area contributed by atoms with Gasteiger partial charge in [0.2, 0.25) is 0 Å². The van der Waals surface area contributed by atoms with E-state index in [4.69, 9.17) is 28.9 Å². The van der Waals surface area contributed by atoms with Crippen LogP contribution >= 0.6 is 23.2 Å². The average molecular weight is 284 g/mol. The lowest BCUT2D eigenvalue weighted by Crippen LogP contribution is -2.17. The molecule has 0 saturated carbocycles. The van der Waals surface area contributed by atoms with E-state index < -0.39 is 0 Å². The minimum atomic E-state index is 0.114. The van der Waals surface area contributed by atoms with Gasteiger partial charge in [-0.25, -0.2) is 4.98 Å². The Morgan fingerprint density at radius 1 is 1.39 bits per heavy atom. The van der Waals surface area contributed by atoms with Crippen molar-refractivity contribution in [3.63, 3.8) is 0 Å². The summed E-state index contributed by atoms with van der Waals surface area (Å²) < 4.78 is 1.98. The SMILES string of the molecule is CC(N)Cc1cn(Cc2cc(Cl)ccc2Cl)cn1. The van der Waals surface area contributed by atoms with Gasteiger partial charge in [-0.3, -0.25) is 0 Å². The molecule has 1 atom stereocenters. The van der Waals surface area contributed by atoms with E-state index in [0.717, 1.165) is 17.7 Å². The second kappa shape index (κ2) is 5.74. The van der Waals surface area contributed by atoms with Gasteiger partial charge in [-0.1, -0.05) is 23.2 Å². The van der Waals surface area contributed by atoms with Crippen molar-refractivity contribution in [1.82, 2.24) is 9.55 Å². The van der Waals surface area contributed by atoms with E-state index in [1.807, 2.05) is 23.8 Å². The summed E-state index contributed by atoms with van der Waals surface area (Å²) in [6, 6.07) is 5.57. The molecule has 0 fully saturated rings. The summed E-state index contributed by atoms with van der Waals surface area (Å²) >= 11 is 12.1. The first-order valence-corrected chi connectivity index (χ1v) is 6.50. The number of rotatable bonds is 4. The lowest BCUT2D eigenvalue weighted by atomic mass is 10.2. The summed E-state index contributed by atoms with van der Waals surface area (Å²) in [5.41, 5.74) is 7.71. The van der Waals surface area contributed by atoms with Crippen LogP contribution in [0.25, 0.3) is 0 Å². The van der Waals surface area contributed by atoms with Gasteiger partial charge in [0, 0.05) is 28.7 Å². The van der Waals surface area contributed by atoms with E-state index in [-0.39, 0.29) is 6.04 Å². The third-order valence-corrected chi connectivity index (χ3v) is 3.18. The Balaban J connectivity index is 2.13. The highest BCUT2D eigenvalue weighted by atomic mass is 35.5. The van der Waals surface area contributed by atoms with Crippen molar-refractivity contribution in [2.75, 3.05) is 0 Å². The highest BCUT2D eigenvalue weighted by Gasteiger charge is 2.05. The summed E-state index contributed by atoms with van der Waals surface area (Å²) in [6.07, 6.45) is 4.55. The standard InChI is InChI=1S/C13H15Cl2N3/c1-9(16)4-12-7-18(8-17-12)6-10-5-11(14)2-3-13(10)15/h2-3,5,7-9H,4,6,16H2,1H3. The Morgan fingerprint density at radius 3 is 2.89 bits per heavy atom. The summed E-state index contributed by atoms with van der Waals surface area (Å²) in [5, 5.41) is 1.40. The number of nitrogens with zero attached hydrogens (tertiary/aromatic N) is 2. The number of halogens is 2. The smallest absolute Gasteiger partial charge is 0.0952 e. The predicted octanol–water partition coefficient (Wildman–Crippen LogP) is 3.13. The largest absolute Gasteiger partial charge is 0.333 e. The van der Waals surface area contributed by atoms with Crippen LogP contribution in [0, 0.1) is 0 Å². The molecule has 1 aromatic carbocycles. The molecular weight excluding hydrogens is 269 g/mol. The molecule has 0 bridgehead atoms. The molecule has 0 aliphatic carbocycles. The van der Waals surface area contributed by atoms with E-state index in [0.29, 0.717) is 16.6 Å². The van der Waals surface area contributed by atoms with Crippen molar-refractivity contribution < 1.29 is 0 Å². The molecule has 2 rings (SSSR count). The Hall–Kier alpha value is -1.03. The number of benzene rings is 1. The van der Waals surface area contributed by atoms with Crippen molar-refractivity contribution in [3.8, 4) is 0 Å². The summed E-state index contributed by atoms with van der Waals surface area (Å²) in [4.78, 5) is 4.31. The lowest BCUT2D eigenvalue weighted by molar-refractivity contribution is 0.723. The highest BCUT2D eigenvalue weighted by Crippen LogP contribution is 2.21. The Labute approximate surface area is 117 Å². The molecular formula is C13H15Cl2N3. The quantitative estimate of drug-likeness (QED) is 0.937. The molecule has 96 valence electrons. The second-order valence-electron chi connectivity index (χ2n) is 4.45. The predicted molar refractivity (Wildman–Crippen MR) is 75.1 cm³/mol. The van der Waals surface area contributed by atoms with E-state index in [2.05, 4.69) is 4.98 Å². The topological polar surface area (TPSA) is 43.8 Å². The zero-order valence-electron chi connectivity index (χ0n) is 10.1. The molecule has 0 saturated heterocycles. The van der Waals surface area contributed by atoms with Gasteiger partial charge >= 0.3 is 0 Å². The van der Waals surface area contributed by atoms with Crippen LogP contribution in [-0.4, -0.2) is 15.6 Å². The van der Waals surface area contributed by atoms with Gasteiger partial charge in [0.05, 0.1) is 18.6 Å². The van der Waals surface area contributed by atoms with Crippen LogP contribution < -0.4 is 5.73 Å². The zero-order chi connectivity index (χ0) is 13.1. The van der Waals surface area contributed by atoms with Crippen LogP contribution in [0.4, 0.5) is 0 Å². The minimum absolute atomic E-state index is 0.114. The first-order chi connectivity index (χ1) is 8.54. The van der Waals surface area contributed by atoms with Crippen molar-refractivity contribution in [2.24, 2.45) is 5.73 Å². The molecule has 1 heterocycles. The third-order valence-electron chi connectivity index (χ3n) is 2.58. The van der Waals surface area contributed by atoms with Crippen LogP contribution in [0.5, 0.6) is 0 Å². The summed E-state index contributed by atoms with van der Waals surface area (Å²) in [7, 11) is 0. The monoisotopic (exact) mass is 283 g/mol. The maximum Gasteiger partial charge on any atom is 0.0952 e. The van der Waals surface area contributed by atoms with Crippen molar-refractivity contribution in [1.29, 1.82) is 0 Å². The van der Waals surface area contributed by atoms with Gasteiger partial charge in [-0.05, 0) is 30.7 Å². The average Bonchev–Trinajstić information content (AvgIpc) is 2.70. The number of nitrogens with two attached hydrogens (primary N) is 1. The molecule has 0 spiro atoms. The van der Waals surface area contributed by atoms with Crippen LogP contribution in [0.1, 0.15) is 18.2 Å². The highest BCUT2D eigenvalue weighted by molar-refractivity contribution is 6.33. The molecule has 0 amide bonds. The molecule has 1 unspecified atom stereocenters. The van der Waals surface area contributed by atoms with Crippen LogP contribution in [0.15, 0.2) is 30.7 Å². The fourth-order valence-electron chi connectivity index (χ4n) is 1.79. The minimum Gasteiger partial charge on any atom is -0.333 e. The first kappa shape index (κ1) is 13.4. The molecule has 1 aromatic heterocycles.